The number of hydrogen-bond acceptors (Lipinski definition) is 3. The molecule has 0 aromatic heterocycles. The summed E-state index contributed by atoms with van der Waals surface area (Å²) in [6.45, 7) is 9.64. The van der Waals surface area contributed by atoms with Gasteiger partial charge in [-0.1, -0.05) is 6.92 Å². The minimum absolute atomic E-state index is 0.0866. The molecule has 0 aromatic carbocycles. The van der Waals surface area contributed by atoms with Crippen LogP contribution in [0.3, 0.4) is 0 Å². The fourth-order valence-electron chi connectivity index (χ4n) is 1.40. The number of hydrogen-bond donors (Lipinski definition) is 1. The van der Waals surface area contributed by atoms with Crippen LogP contribution in [0.25, 0.3) is 0 Å². The van der Waals surface area contributed by atoms with E-state index < -0.39 is 0 Å². The van der Waals surface area contributed by atoms with Crippen molar-refractivity contribution in [3.05, 3.63) is 0 Å². The van der Waals surface area contributed by atoms with Crippen molar-refractivity contribution >= 4 is 5.97 Å². The third kappa shape index (κ3) is 3.35. The fourth-order valence-corrected chi connectivity index (χ4v) is 1.40. The Balaban J connectivity index is 2.33. The van der Waals surface area contributed by atoms with E-state index in [-0.39, 0.29) is 17.0 Å². The number of carbonyl (C=O) groups excluding carboxylic acids is 1. The predicted molar refractivity (Wildman–Crippen MR) is 51.4 cm³/mol. The molecule has 0 unspecified atom stereocenters. The second-order valence-corrected chi connectivity index (χ2v) is 5.18. The first-order valence-corrected chi connectivity index (χ1v) is 4.73. The average Bonchev–Trinajstić information content (AvgIpc) is 1.79. The van der Waals surface area contributed by atoms with E-state index in [1.54, 1.807) is 0 Å². The third-order valence-corrected chi connectivity index (χ3v) is 2.09. The molecule has 1 aliphatic rings. The molecule has 1 rings (SSSR count). The van der Waals surface area contributed by atoms with Crippen LogP contribution >= 0.6 is 0 Å². The summed E-state index contributed by atoms with van der Waals surface area (Å²) < 4.78 is 5.24. The quantitative estimate of drug-likeness (QED) is 0.659. The molecular weight excluding hydrogens is 166 g/mol. The van der Waals surface area contributed by atoms with Crippen LogP contribution in [0.2, 0.25) is 0 Å². The smallest absolute Gasteiger partial charge is 0.306 e. The van der Waals surface area contributed by atoms with Gasteiger partial charge in [0.2, 0.25) is 0 Å². The molecule has 0 aromatic rings. The van der Waals surface area contributed by atoms with E-state index in [1.165, 1.54) is 0 Å². The molecule has 0 atom stereocenters. The molecule has 1 fully saturated rings. The molecule has 1 heterocycles. The van der Waals surface area contributed by atoms with Crippen LogP contribution in [-0.4, -0.2) is 24.7 Å². The van der Waals surface area contributed by atoms with E-state index in [0.29, 0.717) is 6.42 Å². The topological polar surface area (TPSA) is 38.3 Å². The Morgan fingerprint density at radius 2 is 2.00 bits per heavy atom. The van der Waals surface area contributed by atoms with E-state index in [2.05, 4.69) is 12.2 Å². The summed E-state index contributed by atoms with van der Waals surface area (Å²) >= 11 is 0. The Morgan fingerprint density at radius 1 is 1.46 bits per heavy atom. The van der Waals surface area contributed by atoms with Gasteiger partial charge < -0.3 is 10.1 Å². The zero-order chi connectivity index (χ0) is 10.1. The van der Waals surface area contributed by atoms with E-state index in [1.807, 2.05) is 20.8 Å². The van der Waals surface area contributed by atoms with E-state index >= 15 is 0 Å². The summed E-state index contributed by atoms with van der Waals surface area (Å²) in [5.74, 6) is -0.0866. The van der Waals surface area contributed by atoms with Crippen LogP contribution in [0.4, 0.5) is 0 Å². The van der Waals surface area contributed by atoms with Gasteiger partial charge in [0.25, 0.3) is 0 Å². The van der Waals surface area contributed by atoms with Gasteiger partial charge in [-0.25, -0.2) is 0 Å². The second-order valence-electron chi connectivity index (χ2n) is 5.18. The second kappa shape index (κ2) is 3.29. The summed E-state index contributed by atoms with van der Waals surface area (Å²) in [5.41, 5.74) is -0.229. The standard InChI is InChI=1S/C10H19NO2/c1-9(2,3)13-8(12)5-10(4)6-11-7-10/h11H,5-7H2,1-4H3. The Hall–Kier alpha value is -0.570. The lowest BCUT2D eigenvalue weighted by molar-refractivity contribution is -0.158. The molecule has 1 saturated heterocycles. The van der Waals surface area contributed by atoms with Crippen LogP contribution in [0, 0.1) is 5.41 Å². The number of rotatable bonds is 2. The van der Waals surface area contributed by atoms with Gasteiger partial charge in [-0.2, -0.15) is 0 Å². The van der Waals surface area contributed by atoms with Gasteiger partial charge in [-0.05, 0) is 20.8 Å². The van der Waals surface area contributed by atoms with E-state index in [9.17, 15) is 4.79 Å². The van der Waals surface area contributed by atoms with Gasteiger partial charge >= 0.3 is 5.97 Å². The third-order valence-electron chi connectivity index (χ3n) is 2.09. The molecule has 1 N–H and O–H groups in total. The van der Waals surface area contributed by atoms with Crippen LogP contribution in [0.15, 0.2) is 0 Å². The number of nitrogens with one attached hydrogen (secondary N) is 1. The van der Waals surface area contributed by atoms with Crippen molar-refractivity contribution in [1.82, 2.24) is 5.32 Å². The number of esters is 1. The van der Waals surface area contributed by atoms with Crippen molar-refractivity contribution in [3.63, 3.8) is 0 Å². The summed E-state index contributed by atoms with van der Waals surface area (Å²) in [5, 5.41) is 3.16. The van der Waals surface area contributed by atoms with Gasteiger partial charge in [0.15, 0.2) is 0 Å². The summed E-state index contributed by atoms with van der Waals surface area (Å²) in [6, 6.07) is 0. The van der Waals surface area contributed by atoms with Crippen LogP contribution in [0.1, 0.15) is 34.1 Å². The zero-order valence-corrected chi connectivity index (χ0v) is 8.94. The summed E-state index contributed by atoms with van der Waals surface area (Å²) in [4.78, 5) is 11.4. The zero-order valence-electron chi connectivity index (χ0n) is 8.94. The molecule has 0 spiro atoms. The lowest BCUT2D eigenvalue weighted by atomic mass is 9.81. The highest BCUT2D eigenvalue weighted by molar-refractivity contribution is 5.71. The van der Waals surface area contributed by atoms with Crippen LogP contribution in [-0.2, 0) is 9.53 Å². The van der Waals surface area contributed by atoms with Crippen molar-refractivity contribution < 1.29 is 9.53 Å². The van der Waals surface area contributed by atoms with Crippen molar-refractivity contribution in [3.8, 4) is 0 Å². The molecule has 3 heteroatoms. The monoisotopic (exact) mass is 185 g/mol. The first kappa shape index (κ1) is 10.5. The van der Waals surface area contributed by atoms with E-state index in [0.717, 1.165) is 13.1 Å². The molecule has 1 aliphatic heterocycles. The average molecular weight is 185 g/mol. The number of carbonyl (C=O) groups is 1. The van der Waals surface area contributed by atoms with Gasteiger partial charge in [0.1, 0.15) is 5.60 Å². The maximum Gasteiger partial charge on any atom is 0.306 e. The molecular formula is C10H19NO2. The molecule has 0 aliphatic carbocycles. The van der Waals surface area contributed by atoms with Crippen molar-refractivity contribution in [2.75, 3.05) is 13.1 Å². The fraction of sp³-hybridized carbons (Fsp3) is 0.900. The highest BCUT2D eigenvalue weighted by Gasteiger charge is 2.35. The number of ether oxygens (including phenoxy) is 1. The predicted octanol–water partition coefficient (Wildman–Crippen LogP) is 1.33. The lowest BCUT2D eigenvalue weighted by Gasteiger charge is -2.39. The minimum Gasteiger partial charge on any atom is -0.460 e. The highest BCUT2D eigenvalue weighted by atomic mass is 16.6. The SMILES string of the molecule is CC1(CC(=O)OC(C)(C)C)CNC1. The van der Waals surface area contributed by atoms with Gasteiger partial charge in [0.05, 0.1) is 6.42 Å². The maximum atomic E-state index is 11.4. The summed E-state index contributed by atoms with van der Waals surface area (Å²) in [6.07, 6.45) is 0.525. The van der Waals surface area contributed by atoms with Crippen molar-refractivity contribution in [2.24, 2.45) is 5.41 Å². The van der Waals surface area contributed by atoms with Crippen molar-refractivity contribution in [2.45, 2.75) is 39.7 Å². The molecule has 0 radical (unpaired) electrons. The molecule has 0 bridgehead atoms. The molecule has 0 saturated carbocycles. The van der Waals surface area contributed by atoms with Gasteiger partial charge in [-0.3, -0.25) is 4.79 Å². The Labute approximate surface area is 79.8 Å². The normalized spacial score (nSPS) is 20.6. The Bertz CT molecular complexity index is 201. The largest absolute Gasteiger partial charge is 0.460 e. The van der Waals surface area contributed by atoms with Gasteiger partial charge in [-0.15, -0.1) is 0 Å². The van der Waals surface area contributed by atoms with Crippen LogP contribution < -0.4 is 5.32 Å². The van der Waals surface area contributed by atoms with E-state index in [4.69, 9.17) is 4.74 Å². The Kier molecular flexibility index (Phi) is 2.66. The first-order valence-electron chi connectivity index (χ1n) is 4.73. The summed E-state index contributed by atoms with van der Waals surface area (Å²) in [7, 11) is 0. The van der Waals surface area contributed by atoms with Crippen molar-refractivity contribution in [1.29, 1.82) is 0 Å². The minimum atomic E-state index is -0.357. The van der Waals surface area contributed by atoms with Crippen LogP contribution in [0.5, 0.6) is 0 Å². The highest BCUT2D eigenvalue weighted by Crippen LogP contribution is 2.27. The van der Waals surface area contributed by atoms with Gasteiger partial charge in [0, 0.05) is 18.5 Å². The molecule has 76 valence electrons. The molecule has 13 heavy (non-hydrogen) atoms. The Morgan fingerprint density at radius 3 is 2.31 bits per heavy atom. The maximum absolute atomic E-state index is 11.4. The first-order chi connectivity index (χ1) is 5.81. The molecule has 0 amide bonds. The molecule has 3 nitrogen and oxygen atoms in total. The lowest BCUT2D eigenvalue weighted by Crippen LogP contribution is -2.52.